The van der Waals surface area contributed by atoms with Gasteiger partial charge in [-0.05, 0) is 99.7 Å². The molecule has 240 valence electrons. The predicted molar refractivity (Wildman–Crippen MR) is 216 cm³/mol. The van der Waals surface area contributed by atoms with Crippen molar-refractivity contribution in [2.45, 2.75) is 0 Å². The molecule has 51 heavy (non-hydrogen) atoms. The Morgan fingerprint density at radius 1 is 0.294 bits per heavy atom. The second-order valence-corrected chi connectivity index (χ2v) is 13.0. The van der Waals surface area contributed by atoms with E-state index in [2.05, 4.69) is 198 Å². The van der Waals surface area contributed by atoms with Crippen molar-refractivity contribution in [3.8, 4) is 0 Å². The van der Waals surface area contributed by atoms with Gasteiger partial charge in [-0.3, -0.25) is 0 Å². The Bertz CT molecular complexity index is 2840. The number of fused-ring (bicyclic) bond motifs is 9. The first-order valence-corrected chi connectivity index (χ1v) is 17.4. The zero-order valence-electron chi connectivity index (χ0n) is 27.8. The van der Waals surface area contributed by atoms with Crippen molar-refractivity contribution in [3.05, 3.63) is 194 Å². The average Bonchev–Trinajstić information content (AvgIpc) is 3.60. The van der Waals surface area contributed by atoms with Crippen LogP contribution in [0.15, 0.2) is 199 Å². The van der Waals surface area contributed by atoms with E-state index in [-0.39, 0.29) is 0 Å². The van der Waals surface area contributed by atoms with E-state index in [1.54, 1.807) is 0 Å². The van der Waals surface area contributed by atoms with Crippen LogP contribution in [0, 0.1) is 0 Å². The van der Waals surface area contributed by atoms with Gasteiger partial charge in [-0.2, -0.15) is 0 Å². The number of rotatable bonds is 6. The third kappa shape index (κ3) is 4.90. The molecule has 0 atom stereocenters. The Kier molecular flexibility index (Phi) is 6.81. The van der Waals surface area contributed by atoms with Crippen LogP contribution in [0.2, 0.25) is 0 Å². The summed E-state index contributed by atoms with van der Waals surface area (Å²) in [5.41, 5.74) is 8.33. The fourth-order valence-electron chi connectivity index (χ4n) is 7.67. The van der Waals surface area contributed by atoms with Crippen molar-refractivity contribution in [1.82, 2.24) is 0 Å². The minimum absolute atomic E-state index is 0.900. The Morgan fingerprint density at radius 3 is 1.55 bits per heavy atom. The van der Waals surface area contributed by atoms with Gasteiger partial charge in [0.15, 0.2) is 0 Å². The van der Waals surface area contributed by atoms with E-state index in [0.717, 1.165) is 61.4 Å². The Balaban J connectivity index is 1.24. The third-order valence-corrected chi connectivity index (χ3v) is 9.95. The zero-order chi connectivity index (χ0) is 33.7. The topological polar surface area (TPSA) is 19.6 Å². The largest absolute Gasteiger partial charge is 0.455 e. The minimum atomic E-state index is 0.900. The monoisotopic (exact) mass is 652 g/mol. The molecular formula is C48H32N2O. The molecule has 0 radical (unpaired) electrons. The molecule has 0 aliphatic carbocycles. The van der Waals surface area contributed by atoms with Gasteiger partial charge < -0.3 is 14.2 Å². The maximum atomic E-state index is 6.60. The highest BCUT2D eigenvalue weighted by molar-refractivity contribution is 6.30. The van der Waals surface area contributed by atoms with E-state index >= 15 is 0 Å². The van der Waals surface area contributed by atoms with Crippen LogP contribution in [0.4, 0.5) is 34.1 Å². The van der Waals surface area contributed by atoms with Gasteiger partial charge in [0, 0.05) is 50.3 Å². The van der Waals surface area contributed by atoms with Gasteiger partial charge in [0.05, 0.1) is 0 Å². The lowest BCUT2D eigenvalue weighted by Crippen LogP contribution is -2.13. The second kappa shape index (κ2) is 11.9. The number of hydrogen-bond acceptors (Lipinski definition) is 3. The molecule has 0 bridgehead atoms. The molecule has 0 N–H and O–H groups in total. The molecule has 0 spiro atoms. The first-order chi connectivity index (χ1) is 25.3. The third-order valence-electron chi connectivity index (χ3n) is 9.95. The van der Waals surface area contributed by atoms with Gasteiger partial charge in [0.2, 0.25) is 0 Å². The normalized spacial score (nSPS) is 11.5. The van der Waals surface area contributed by atoms with Gasteiger partial charge in [0.25, 0.3) is 0 Å². The summed E-state index contributed by atoms with van der Waals surface area (Å²) in [4.78, 5) is 4.70. The van der Waals surface area contributed by atoms with Gasteiger partial charge in [-0.15, -0.1) is 0 Å². The van der Waals surface area contributed by atoms with Gasteiger partial charge in [-0.25, -0.2) is 0 Å². The number of furan rings is 1. The molecule has 3 heteroatoms. The molecule has 10 rings (SSSR count). The molecule has 0 aliphatic heterocycles. The van der Waals surface area contributed by atoms with Crippen molar-refractivity contribution in [3.63, 3.8) is 0 Å². The Labute approximate surface area is 295 Å². The molecular weight excluding hydrogens is 621 g/mol. The standard InChI is InChI=1S/C48H32N2O/c1-3-16-35(17-4-1)49(36-18-5-2-6-19-36)37-20-13-21-38(31-37)50(39-27-26-33-14-7-8-15-34(33)30-39)40-28-29-42-41-22-9-10-23-43(41)48-47(45(42)32-40)44-24-11-12-25-46(44)51-48/h1-32H. The van der Waals surface area contributed by atoms with Crippen molar-refractivity contribution in [2.75, 3.05) is 9.80 Å². The lowest BCUT2D eigenvalue weighted by molar-refractivity contribution is 0.673. The molecule has 1 heterocycles. The van der Waals surface area contributed by atoms with Crippen LogP contribution in [0.3, 0.4) is 0 Å². The van der Waals surface area contributed by atoms with Crippen LogP contribution < -0.4 is 9.80 Å². The number of para-hydroxylation sites is 3. The van der Waals surface area contributed by atoms with Crippen LogP contribution in [0.25, 0.3) is 54.3 Å². The smallest absolute Gasteiger partial charge is 0.143 e. The van der Waals surface area contributed by atoms with Gasteiger partial charge >= 0.3 is 0 Å². The highest BCUT2D eigenvalue weighted by atomic mass is 16.3. The summed E-state index contributed by atoms with van der Waals surface area (Å²) in [6.07, 6.45) is 0. The number of benzene rings is 9. The fraction of sp³-hybridized carbons (Fsp3) is 0. The summed E-state index contributed by atoms with van der Waals surface area (Å²) in [7, 11) is 0. The molecule has 1 aromatic heterocycles. The lowest BCUT2D eigenvalue weighted by atomic mass is 9.96. The van der Waals surface area contributed by atoms with Crippen molar-refractivity contribution in [1.29, 1.82) is 0 Å². The summed E-state index contributed by atoms with van der Waals surface area (Å²) in [6, 6.07) is 69.2. The SMILES string of the molecule is c1ccc(N(c2ccccc2)c2cccc(N(c3ccc4ccccc4c3)c3ccc4c5ccccc5c5oc6ccccc6c5c4c3)c2)cc1. The van der Waals surface area contributed by atoms with Crippen molar-refractivity contribution >= 4 is 88.4 Å². The molecule has 9 aromatic carbocycles. The molecule has 0 saturated carbocycles. The van der Waals surface area contributed by atoms with Crippen LogP contribution in [0.5, 0.6) is 0 Å². The van der Waals surface area contributed by atoms with E-state index in [0.29, 0.717) is 0 Å². The first-order valence-electron chi connectivity index (χ1n) is 17.4. The van der Waals surface area contributed by atoms with E-state index < -0.39 is 0 Å². The van der Waals surface area contributed by atoms with E-state index in [9.17, 15) is 0 Å². The summed E-state index contributed by atoms with van der Waals surface area (Å²) in [5.74, 6) is 0. The molecule has 10 aromatic rings. The van der Waals surface area contributed by atoms with E-state index in [1.165, 1.54) is 26.9 Å². The van der Waals surface area contributed by atoms with Crippen molar-refractivity contribution in [2.24, 2.45) is 0 Å². The van der Waals surface area contributed by atoms with Crippen LogP contribution in [0.1, 0.15) is 0 Å². The summed E-state index contributed by atoms with van der Waals surface area (Å²) >= 11 is 0. The number of hydrogen-bond donors (Lipinski definition) is 0. The van der Waals surface area contributed by atoms with E-state index in [4.69, 9.17) is 4.42 Å². The molecule has 0 amide bonds. The van der Waals surface area contributed by atoms with E-state index in [1.807, 2.05) is 6.07 Å². The molecule has 0 fully saturated rings. The van der Waals surface area contributed by atoms with Crippen molar-refractivity contribution < 1.29 is 4.42 Å². The predicted octanol–water partition coefficient (Wildman–Crippen LogP) is 14.0. The molecule has 3 nitrogen and oxygen atoms in total. The maximum absolute atomic E-state index is 6.60. The summed E-state index contributed by atoms with van der Waals surface area (Å²) in [6.45, 7) is 0. The minimum Gasteiger partial charge on any atom is -0.455 e. The zero-order valence-corrected chi connectivity index (χ0v) is 27.8. The number of nitrogens with zero attached hydrogens (tertiary/aromatic N) is 2. The average molecular weight is 653 g/mol. The maximum Gasteiger partial charge on any atom is 0.143 e. The van der Waals surface area contributed by atoms with Gasteiger partial charge in [-0.1, -0.05) is 121 Å². The fourth-order valence-corrected chi connectivity index (χ4v) is 7.67. The Morgan fingerprint density at radius 2 is 0.804 bits per heavy atom. The highest BCUT2D eigenvalue weighted by Gasteiger charge is 2.20. The molecule has 0 aliphatic rings. The van der Waals surface area contributed by atoms with Crippen LogP contribution >= 0.6 is 0 Å². The van der Waals surface area contributed by atoms with Gasteiger partial charge in [0.1, 0.15) is 11.2 Å². The molecule has 0 saturated heterocycles. The quantitative estimate of drug-likeness (QED) is 0.167. The van der Waals surface area contributed by atoms with Crippen LogP contribution in [-0.2, 0) is 0 Å². The lowest BCUT2D eigenvalue weighted by Gasteiger charge is -2.29. The first kappa shape index (κ1) is 29.1. The van der Waals surface area contributed by atoms with Crippen LogP contribution in [-0.4, -0.2) is 0 Å². The summed E-state index contributed by atoms with van der Waals surface area (Å²) in [5, 5.41) is 9.38. The molecule has 0 unspecified atom stereocenters. The number of anilines is 6. The Hall–Kier alpha value is -6.84. The summed E-state index contributed by atoms with van der Waals surface area (Å²) < 4.78 is 6.60. The second-order valence-electron chi connectivity index (χ2n) is 13.0. The highest BCUT2D eigenvalue weighted by Crippen LogP contribution is 2.45.